The number of carbonyl (C=O) groups excluding carboxylic acids is 1. The molecule has 0 saturated heterocycles. The van der Waals surface area contributed by atoms with E-state index < -0.39 is 0 Å². The minimum absolute atomic E-state index is 0.156. The predicted molar refractivity (Wildman–Crippen MR) is 79.9 cm³/mol. The number of aromatic nitrogens is 2. The van der Waals surface area contributed by atoms with E-state index in [0.29, 0.717) is 18.9 Å². The summed E-state index contributed by atoms with van der Waals surface area (Å²) in [5.74, 6) is 0.311. The van der Waals surface area contributed by atoms with Crippen LogP contribution in [0.25, 0.3) is 0 Å². The van der Waals surface area contributed by atoms with Gasteiger partial charge in [0.15, 0.2) is 0 Å². The third kappa shape index (κ3) is 4.23. The highest BCUT2D eigenvalue weighted by atomic mass is 16.3. The van der Waals surface area contributed by atoms with E-state index in [1.165, 1.54) is 0 Å². The Morgan fingerprint density at radius 3 is 2.60 bits per heavy atom. The van der Waals surface area contributed by atoms with E-state index in [2.05, 4.69) is 22.7 Å². The molecule has 1 rings (SSSR count). The second-order valence-corrected chi connectivity index (χ2v) is 4.98. The van der Waals surface area contributed by atoms with Crippen LogP contribution in [-0.2, 0) is 6.54 Å². The second-order valence-electron chi connectivity index (χ2n) is 4.98. The zero-order valence-electron chi connectivity index (χ0n) is 12.9. The summed E-state index contributed by atoms with van der Waals surface area (Å²) < 4.78 is 1.87. The minimum atomic E-state index is -0.219. The van der Waals surface area contributed by atoms with Crippen molar-refractivity contribution in [2.75, 3.05) is 18.5 Å². The number of anilines is 1. The Balaban J connectivity index is 2.56. The molecule has 0 aliphatic rings. The fourth-order valence-electron chi connectivity index (χ4n) is 2.21. The smallest absolute Gasteiger partial charge is 0.319 e. The third-order valence-corrected chi connectivity index (χ3v) is 3.59. The molecule has 20 heavy (non-hydrogen) atoms. The molecule has 1 heterocycles. The van der Waals surface area contributed by atoms with Gasteiger partial charge in [0, 0.05) is 19.7 Å². The molecular formula is C14H26N4O2. The van der Waals surface area contributed by atoms with Crippen molar-refractivity contribution < 1.29 is 9.90 Å². The number of amides is 2. The fraction of sp³-hybridized carbons (Fsp3) is 0.714. The van der Waals surface area contributed by atoms with Crippen molar-refractivity contribution in [3.8, 4) is 0 Å². The van der Waals surface area contributed by atoms with Crippen LogP contribution in [0.5, 0.6) is 0 Å². The maximum Gasteiger partial charge on any atom is 0.319 e. The predicted octanol–water partition coefficient (Wildman–Crippen LogP) is 2.05. The number of aliphatic hydroxyl groups excluding tert-OH is 1. The van der Waals surface area contributed by atoms with Crippen molar-refractivity contribution in [2.24, 2.45) is 5.92 Å². The molecule has 0 spiro atoms. The van der Waals surface area contributed by atoms with Gasteiger partial charge < -0.3 is 15.7 Å². The highest BCUT2D eigenvalue weighted by Gasteiger charge is 2.14. The van der Waals surface area contributed by atoms with E-state index >= 15 is 0 Å². The summed E-state index contributed by atoms with van der Waals surface area (Å²) in [5, 5.41) is 19.0. The average molecular weight is 282 g/mol. The molecule has 3 N–H and O–H groups in total. The lowest BCUT2D eigenvalue weighted by Crippen LogP contribution is -2.33. The summed E-state index contributed by atoms with van der Waals surface area (Å²) in [4.78, 5) is 11.9. The summed E-state index contributed by atoms with van der Waals surface area (Å²) in [6.07, 6.45) is 1.65. The molecule has 114 valence electrons. The Labute approximate surface area is 120 Å². The van der Waals surface area contributed by atoms with E-state index in [1.807, 2.05) is 25.5 Å². The van der Waals surface area contributed by atoms with Gasteiger partial charge in [-0.1, -0.05) is 13.3 Å². The van der Waals surface area contributed by atoms with Crippen LogP contribution in [0.3, 0.4) is 0 Å². The number of aliphatic hydroxyl groups is 1. The maximum absolute atomic E-state index is 11.9. The van der Waals surface area contributed by atoms with E-state index in [0.717, 1.165) is 30.0 Å². The van der Waals surface area contributed by atoms with Gasteiger partial charge in [-0.3, -0.25) is 4.68 Å². The van der Waals surface area contributed by atoms with Gasteiger partial charge in [0.2, 0.25) is 0 Å². The van der Waals surface area contributed by atoms with Crippen LogP contribution in [0.4, 0.5) is 10.5 Å². The number of nitrogens with zero attached hydrogens (tertiary/aromatic N) is 2. The SMILES string of the molecule is CCC(CCO)CNC(=O)Nc1c(C)nn(CC)c1C. The summed E-state index contributed by atoms with van der Waals surface area (Å²) in [5.41, 5.74) is 2.56. The van der Waals surface area contributed by atoms with Gasteiger partial charge in [-0.25, -0.2) is 4.79 Å². The number of hydrogen-bond acceptors (Lipinski definition) is 3. The lowest BCUT2D eigenvalue weighted by Gasteiger charge is -2.15. The molecule has 1 unspecified atom stereocenters. The van der Waals surface area contributed by atoms with Crippen LogP contribution in [0.2, 0.25) is 0 Å². The van der Waals surface area contributed by atoms with Gasteiger partial charge in [0.25, 0.3) is 0 Å². The zero-order valence-corrected chi connectivity index (χ0v) is 12.9. The number of hydrogen-bond donors (Lipinski definition) is 3. The molecule has 1 aromatic rings. The Hall–Kier alpha value is -1.56. The second kappa shape index (κ2) is 7.89. The Bertz CT molecular complexity index is 443. The summed E-state index contributed by atoms with van der Waals surface area (Å²) in [7, 11) is 0. The number of carbonyl (C=O) groups is 1. The van der Waals surface area contributed by atoms with Gasteiger partial charge in [-0.15, -0.1) is 0 Å². The topological polar surface area (TPSA) is 79.2 Å². The van der Waals surface area contributed by atoms with Crippen molar-refractivity contribution in [1.29, 1.82) is 0 Å². The number of rotatable bonds is 7. The Kier molecular flexibility index (Phi) is 6.51. The number of urea groups is 1. The van der Waals surface area contributed by atoms with E-state index in [-0.39, 0.29) is 12.6 Å². The quantitative estimate of drug-likeness (QED) is 0.716. The van der Waals surface area contributed by atoms with Gasteiger partial charge in [-0.2, -0.15) is 5.10 Å². The molecule has 0 aliphatic heterocycles. The van der Waals surface area contributed by atoms with Gasteiger partial charge >= 0.3 is 6.03 Å². The molecular weight excluding hydrogens is 256 g/mol. The Morgan fingerprint density at radius 2 is 2.10 bits per heavy atom. The molecule has 0 fully saturated rings. The maximum atomic E-state index is 11.9. The van der Waals surface area contributed by atoms with Crippen molar-refractivity contribution in [3.63, 3.8) is 0 Å². The highest BCUT2D eigenvalue weighted by Crippen LogP contribution is 2.19. The van der Waals surface area contributed by atoms with Gasteiger partial charge in [0.1, 0.15) is 0 Å². The molecule has 0 aromatic carbocycles. The van der Waals surface area contributed by atoms with Crippen LogP contribution in [0.1, 0.15) is 38.1 Å². The largest absolute Gasteiger partial charge is 0.396 e. The molecule has 1 atom stereocenters. The first kappa shape index (κ1) is 16.5. The molecule has 6 nitrogen and oxygen atoms in total. The zero-order chi connectivity index (χ0) is 15.1. The molecule has 2 amide bonds. The van der Waals surface area contributed by atoms with E-state index in [4.69, 9.17) is 5.11 Å². The number of nitrogens with one attached hydrogen (secondary N) is 2. The first-order valence-corrected chi connectivity index (χ1v) is 7.23. The van der Waals surface area contributed by atoms with Crippen molar-refractivity contribution in [3.05, 3.63) is 11.4 Å². The first-order valence-electron chi connectivity index (χ1n) is 7.23. The standard InChI is InChI=1S/C14H26N4O2/c1-5-12(7-8-19)9-15-14(20)16-13-10(3)17-18(6-2)11(13)4/h12,19H,5-9H2,1-4H3,(H2,15,16,20). The van der Waals surface area contributed by atoms with Crippen LogP contribution in [0, 0.1) is 19.8 Å². The van der Waals surface area contributed by atoms with Crippen LogP contribution in [0.15, 0.2) is 0 Å². The van der Waals surface area contributed by atoms with Crippen molar-refractivity contribution in [1.82, 2.24) is 15.1 Å². The van der Waals surface area contributed by atoms with Crippen molar-refractivity contribution in [2.45, 2.75) is 47.1 Å². The normalized spacial score (nSPS) is 12.2. The molecule has 0 bridgehead atoms. The third-order valence-electron chi connectivity index (χ3n) is 3.59. The van der Waals surface area contributed by atoms with Gasteiger partial charge in [0.05, 0.1) is 17.1 Å². The highest BCUT2D eigenvalue weighted by molar-refractivity contribution is 5.90. The van der Waals surface area contributed by atoms with Crippen molar-refractivity contribution >= 4 is 11.7 Å². The summed E-state index contributed by atoms with van der Waals surface area (Å²) in [6, 6.07) is -0.219. The molecule has 0 radical (unpaired) electrons. The first-order chi connectivity index (χ1) is 9.53. The monoisotopic (exact) mass is 282 g/mol. The lowest BCUT2D eigenvalue weighted by atomic mass is 10.0. The molecule has 6 heteroatoms. The van der Waals surface area contributed by atoms with Gasteiger partial charge in [-0.05, 0) is 33.1 Å². The summed E-state index contributed by atoms with van der Waals surface area (Å²) in [6.45, 7) is 9.41. The van der Waals surface area contributed by atoms with E-state index in [1.54, 1.807) is 0 Å². The average Bonchev–Trinajstić information content (AvgIpc) is 2.70. The molecule has 0 saturated carbocycles. The summed E-state index contributed by atoms with van der Waals surface area (Å²) >= 11 is 0. The Morgan fingerprint density at radius 1 is 1.40 bits per heavy atom. The van der Waals surface area contributed by atoms with Crippen LogP contribution in [-0.4, -0.2) is 34.1 Å². The molecule has 0 aliphatic carbocycles. The van der Waals surface area contributed by atoms with E-state index in [9.17, 15) is 4.79 Å². The lowest BCUT2D eigenvalue weighted by molar-refractivity contribution is 0.238. The van der Waals surface area contributed by atoms with Crippen LogP contribution >= 0.6 is 0 Å². The molecule has 1 aromatic heterocycles. The minimum Gasteiger partial charge on any atom is -0.396 e. The number of aryl methyl sites for hydroxylation is 2. The fourth-order valence-corrected chi connectivity index (χ4v) is 2.21. The van der Waals surface area contributed by atoms with Crippen LogP contribution < -0.4 is 10.6 Å².